The molecule has 0 aromatic carbocycles. The van der Waals surface area contributed by atoms with Crippen molar-refractivity contribution in [2.45, 2.75) is 31.7 Å². The number of aliphatic hydroxyl groups excluding tert-OH is 1. The van der Waals surface area contributed by atoms with E-state index in [-0.39, 0.29) is 12.6 Å². The Kier molecular flexibility index (Phi) is 4.02. The van der Waals surface area contributed by atoms with E-state index in [9.17, 15) is 4.79 Å². The van der Waals surface area contributed by atoms with Gasteiger partial charge in [-0.2, -0.15) is 0 Å². The minimum absolute atomic E-state index is 0.000231. The first-order valence-electron chi connectivity index (χ1n) is 4.73. The van der Waals surface area contributed by atoms with Gasteiger partial charge in [-0.15, -0.1) is 0 Å². The zero-order valence-corrected chi connectivity index (χ0v) is 7.95. The molecule has 0 aromatic rings. The molecule has 0 aliphatic heterocycles. The molecule has 1 aliphatic carbocycles. The molecule has 0 spiro atoms. The maximum absolute atomic E-state index is 10.9. The van der Waals surface area contributed by atoms with Gasteiger partial charge in [-0.25, -0.2) is 4.79 Å². The van der Waals surface area contributed by atoms with Crippen LogP contribution in [0.4, 0.5) is 4.79 Å². The van der Waals surface area contributed by atoms with Crippen molar-refractivity contribution in [3.05, 3.63) is 0 Å². The number of hydrogen-bond acceptors (Lipinski definition) is 3. The van der Waals surface area contributed by atoms with E-state index >= 15 is 0 Å². The number of ether oxygens (including phenoxy) is 1. The van der Waals surface area contributed by atoms with Gasteiger partial charge in [0.2, 0.25) is 0 Å². The van der Waals surface area contributed by atoms with Crippen molar-refractivity contribution in [2.75, 3.05) is 13.7 Å². The van der Waals surface area contributed by atoms with Gasteiger partial charge in [-0.3, -0.25) is 0 Å². The Morgan fingerprint density at radius 2 is 2.23 bits per heavy atom. The summed E-state index contributed by atoms with van der Waals surface area (Å²) >= 11 is 0. The fourth-order valence-corrected chi connectivity index (χ4v) is 1.88. The highest BCUT2D eigenvalue weighted by atomic mass is 16.5. The largest absolute Gasteiger partial charge is 0.453 e. The van der Waals surface area contributed by atoms with Crippen LogP contribution in [0.15, 0.2) is 0 Å². The minimum atomic E-state index is -0.453. The molecule has 1 unspecified atom stereocenters. The number of aliphatic hydroxyl groups is 1. The molecule has 0 aromatic heterocycles. The number of rotatable bonds is 3. The molecule has 0 radical (unpaired) electrons. The first-order valence-corrected chi connectivity index (χ1v) is 4.73. The van der Waals surface area contributed by atoms with E-state index in [1.807, 2.05) is 0 Å². The first-order chi connectivity index (χ1) is 6.27. The second kappa shape index (κ2) is 5.07. The molecule has 0 heterocycles. The summed E-state index contributed by atoms with van der Waals surface area (Å²) in [6.07, 6.45) is 4.13. The van der Waals surface area contributed by atoms with Crippen molar-refractivity contribution in [1.82, 2.24) is 5.32 Å². The average Bonchev–Trinajstić information content (AvgIpc) is 2.66. The Morgan fingerprint density at radius 3 is 2.69 bits per heavy atom. The molecule has 1 amide bonds. The Hall–Kier alpha value is -0.770. The maximum atomic E-state index is 10.9. The Labute approximate surface area is 78.3 Å². The van der Waals surface area contributed by atoms with E-state index in [2.05, 4.69) is 10.1 Å². The molecular weight excluding hydrogens is 170 g/mol. The van der Waals surface area contributed by atoms with E-state index in [0.29, 0.717) is 5.92 Å². The van der Waals surface area contributed by atoms with E-state index < -0.39 is 6.09 Å². The highest BCUT2D eigenvalue weighted by molar-refractivity contribution is 5.67. The van der Waals surface area contributed by atoms with Crippen LogP contribution in [0.5, 0.6) is 0 Å². The predicted octanol–water partition coefficient (Wildman–Crippen LogP) is 0.893. The highest BCUT2D eigenvalue weighted by Gasteiger charge is 2.25. The average molecular weight is 187 g/mol. The number of methoxy groups -OCH3 is 1. The van der Waals surface area contributed by atoms with Gasteiger partial charge in [-0.05, 0) is 18.8 Å². The van der Waals surface area contributed by atoms with Gasteiger partial charge in [0.25, 0.3) is 0 Å². The number of alkyl carbamates (subject to hydrolysis) is 1. The van der Waals surface area contributed by atoms with Crippen LogP contribution in [0.25, 0.3) is 0 Å². The first kappa shape index (κ1) is 10.3. The van der Waals surface area contributed by atoms with Gasteiger partial charge in [-0.1, -0.05) is 12.8 Å². The summed E-state index contributed by atoms with van der Waals surface area (Å²) in [4.78, 5) is 10.9. The molecule has 0 saturated heterocycles. The summed E-state index contributed by atoms with van der Waals surface area (Å²) in [7, 11) is 1.33. The summed E-state index contributed by atoms with van der Waals surface area (Å²) in [6, 6.07) is -0.130. The molecule has 1 rings (SSSR count). The van der Waals surface area contributed by atoms with Crippen LogP contribution in [0, 0.1) is 5.92 Å². The standard InChI is InChI=1S/C9H17NO3/c1-13-9(12)10-8(6-11)7-4-2-3-5-7/h7-8,11H,2-6H2,1H3,(H,10,12). The molecule has 1 aliphatic rings. The fourth-order valence-electron chi connectivity index (χ4n) is 1.88. The lowest BCUT2D eigenvalue weighted by Gasteiger charge is -2.21. The molecule has 4 heteroatoms. The quantitative estimate of drug-likeness (QED) is 0.690. The van der Waals surface area contributed by atoms with Gasteiger partial charge >= 0.3 is 6.09 Å². The molecule has 1 saturated carbocycles. The van der Waals surface area contributed by atoms with Crippen molar-refractivity contribution in [3.63, 3.8) is 0 Å². The predicted molar refractivity (Wildman–Crippen MR) is 48.4 cm³/mol. The minimum Gasteiger partial charge on any atom is -0.453 e. The van der Waals surface area contributed by atoms with E-state index in [4.69, 9.17) is 5.11 Å². The third-order valence-electron chi connectivity index (χ3n) is 2.65. The van der Waals surface area contributed by atoms with Crippen molar-refractivity contribution < 1.29 is 14.6 Å². The Balaban J connectivity index is 2.37. The number of nitrogens with one attached hydrogen (secondary N) is 1. The zero-order valence-electron chi connectivity index (χ0n) is 7.95. The van der Waals surface area contributed by atoms with Gasteiger partial charge in [0.15, 0.2) is 0 Å². The van der Waals surface area contributed by atoms with E-state index in [1.54, 1.807) is 0 Å². The summed E-state index contributed by atoms with van der Waals surface area (Å²) in [6.45, 7) is -0.000231. The Morgan fingerprint density at radius 1 is 1.62 bits per heavy atom. The van der Waals surface area contributed by atoms with Crippen LogP contribution in [0.2, 0.25) is 0 Å². The smallest absolute Gasteiger partial charge is 0.407 e. The topological polar surface area (TPSA) is 58.6 Å². The van der Waals surface area contributed by atoms with Crippen LogP contribution in [-0.4, -0.2) is 31.0 Å². The summed E-state index contributed by atoms with van der Waals surface area (Å²) in [5.41, 5.74) is 0. The normalized spacial score (nSPS) is 19.8. The van der Waals surface area contributed by atoms with Crippen molar-refractivity contribution in [2.24, 2.45) is 5.92 Å². The Bertz CT molecular complexity index is 166. The van der Waals surface area contributed by atoms with Gasteiger partial charge in [0, 0.05) is 0 Å². The highest BCUT2D eigenvalue weighted by Crippen LogP contribution is 2.27. The lowest BCUT2D eigenvalue weighted by Crippen LogP contribution is -2.42. The van der Waals surface area contributed by atoms with E-state index in [0.717, 1.165) is 12.8 Å². The maximum Gasteiger partial charge on any atom is 0.407 e. The summed E-state index contributed by atoms with van der Waals surface area (Å²) < 4.78 is 4.48. The zero-order chi connectivity index (χ0) is 9.68. The molecule has 1 atom stereocenters. The number of hydrogen-bond donors (Lipinski definition) is 2. The molecule has 0 bridgehead atoms. The third-order valence-corrected chi connectivity index (χ3v) is 2.65. The lowest BCUT2D eigenvalue weighted by molar-refractivity contribution is 0.145. The molecular formula is C9H17NO3. The van der Waals surface area contributed by atoms with Crippen molar-refractivity contribution in [3.8, 4) is 0 Å². The fraction of sp³-hybridized carbons (Fsp3) is 0.889. The van der Waals surface area contributed by atoms with Crippen LogP contribution >= 0.6 is 0 Å². The number of carbonyl (C=O) groups excluding carboxylic acids is 1. The van der Waals surface area contributed by atoms with Crippen LogP contribution in [-0.2, 0) is 4.74 Å². The van der Waals surface area contributed by atoms with E-state index in [1.165, 1.54) is 20.0 Å². The molecule has 4 nitrogen and oxygen atoms in total. The third kappa shape index (κ3) is 2.88. The second-order valence-electron chi connectivity index (χ2n) is 3.47. The number of carbonyl (C=O) groups is 1. The van der Waals surface area contributed by atoms with Crippen LogP contribution in [0.3, 0.4) is 0 Å². The second-order valence-corrected chi connectivity index (χ2v) is 3.47. The van der Waals surface area contributed by atoms with Gasteiger partial charge in [0.05, 0.1) is 19.8 Å². The van der Waals surface area contributed by atoms with Gasteiger partial charge in [0.1, 0.15) is 0 Å². The summed E-state index contributed by atoms with van der Waals surface area (Å²) in [5.74, 6) is 0.420. The van der Waals surface area contributed by atoms with Crippen LogP contribution < -0.4 is 5.32 Å². The van der Waals surface area contributed by atoms with Crippen molar-refractivity contribution >= 4 is 6.09 Å². The molecule has 13 heavy (non-hydrogen) atoms. The SMILES string of the molecule is COC(=O)NC(CO)C1CCCC1. The molecule has 1 fully saturated rings. The monoisotopic (exact) mass is 187 g/mol. The number of amides is 1. The lowest BCUT2D eigenvalue weighted by atomic mass is 9.99. The molecule has 2 N–H and O–H groups in total. The summed E-state index contributed by atoms with van der Waals surface area (Å²) in [5, 5.41) is 11.7. The van der Waals surface area contributed by atoms with Crippen LogP contribution in [0.1, 0.15) is 25.7 Å². The van der Waals surface area contributed by atoms with Crippen molar-refractivity contribution in [1.29, 1.82) is 0 Å². The molecule has 76 valence electrons. The van der Waals surface area contributed by atoms with Gasteiger partial charge < -0.3 is 15.2 Å².